The summed E-state index contributed by atoms with van der Waals surface area (Å²) in [5, 5.41) is 6.11. The fraction of sp³-hybridized carbons (Fsp3) is 0.571. The van der Waals surface area contributed by atoms with Crippen molar-refractivity contribution in [1.29, 1.82) is 0 Å². The van der Waals surface area contributed by atoms with E-state index in [9.17, 15) is 0 Å². The number of thioether (sulfide) groups is 1. The summed E-state index contributed by atoms with van der Waals surface area (Å²) in [5.41, 5.74) is 1.14. The topological polar surface area (TPSA) is 24.9 Å². The molecule has 0 unspecified atom stereocenters. The molecule has 5 heteroatoms. The highest BCUT2D eigenvalue weighted by molar-refractivity contribution is 8.01. The monoisotopic (exact) mass is 222 g/mol. The molecule has 1 fully saturated rings. The molecule has 0 bridgehead atoms. The second-order valence-electron chi connectivity index (χ2n) is 2.65. The lowest BCUT2D eigenvalue weighted by molar-refractivity contribution is 0.543. The Kier molecular flexibility index (Phi) is 3.83. The molecule has 2 heterocycles. The van der Waals surface area contributed by atoms with Gasteiger partial charge < -0.3 is 5.32 Å². The van der Waals surface area contributed by atoms with Crippen LogP contribution in [0.1, 0.15) is 5.69 Å². The normalized spacial score (nSPS) is 16.8. The molecule has 1 aliphatic heterocycles. The number of aryl methyl sites for hydroxylation is 1. The van der Waals surface area contributed by atoms with Crippen LogP contribution in [0, 0.1) is 6.92 Å². The van der Waals surface area contributed by atoms with Crippen LogP contribution >= 0.6 is 35.5 Å². The van der Waals surface area contributed by atoms with Crippen molar-refractivity contribution in [3.63, 3.8) is 0 Å². The molecule has 1 aliphatic rings. The maximum atomic E-state index is 4.39. The highest BCUT2D eigenvalue weighted by atomic mass is 35.5. The highest BCUT2D eigenvalue weighted by Crippen LogP contribution is 2.28. The maximum absolute atomic E-state index is 4.39. The van der Waals surface area contributed by atoms with E-state index in [1.807, 2.05) is 18.7 Å². The summed E-state index contributed by atoms with van der Waals surface area (Å²) in [5.74, 6) is 0. The van der Waals surface area contributed by atoms with E-state index >= 15 is 0 Å². The number of hydrogen-bond donors (Lipinski definition) is 1. The Morgan fingerprint density at radius 3 is 2.83 bits per heavy atom. The molecule has 12 heavy (non-hydrogen) atoms. The van der Waals surface area contributed by atoms with E-state index in [0.29, 0.717) is 0 Å². The summed E-state index contributed by atoms with van der Waals surface area (Å²) in [4.78, 5) is 4.39. The van der Waals surface area contributed by atoms with E-state index in [1.165, 1.54) is 4.34 Å². The molecule has 0 saturated carbocycles. The predicted octanol–water partition coefficient (Wildman–Crippen LogP) is 1.94. The van der Waals surface area contributed by atoms with Crippen molar-refractivity contribution in [3.05, 3.63) is 11.1 Å². The van der Waals surface area contributed by atoms with Gasteiger partial charge in [0.2, 0.25) is 0 Å². The number of halogens is 1. The van der Waals surface area contributed by atoms with Crippen molar-refractivity contribution < 1.29 is 0 Å². The molecule has 1 N–H and O–H groups in total. The molecular weight excluding hydrogens is 212 g/mol. The molecule has 0 aromatic carbocycles. The van der Waals surface area contributed by atoms with Gasteiger partial charge in [0.05, 0.1) is 0 Å². The van der Waals surface area contributed by atoms with Gasteiger partial charge in [-0.25, -0.2) is 4.98 Å². The van der Waals surface area contributed by atoms with Gasteiger partial charge in [-0.2, -0.15) is 0 Å². The Balaban J connectivity index is 0.000000720. The third-order valence-electron chi connectivity index (χ3n) is 1.61. The second-order valence-corrected chi connectivity index (χ2v) is 5.06. The third-order valence-corrected chi connectivity index (χ3v) is 3.90. The van der Waals surface area contributed by atoms with Crippen molar-refractivity contribution >= 4 is 35.5 Å². The summed E-state index contributed by atoms with van der Waals surface area (Å²) >= 11 is 3.65. The van der Waals surface area contributed by atoms with Crippen molar-refractivity contribution in [2.24, 2.45) is 0 Å². The molecule has 1 aromatic heterocycles. The number of nitrogens with one attached hydrogen (secondary N) is 1. The molecule has 68 valence electrons. The smallest absolute Gasteiger partial charge is 0.150 e. The number of rotatable bonds is 2. The molecule has 0 radical (unpaired) electrons. The van der Waals surface area contributed by atoms with Crippen LogP contribution in [0.4, 0.5) is 0 Å². The van der Waals surface area contributed by atoms with Crippen LogP contribution in [0.15, 0.2) is 9.72 Å². The van der Waals surface area contributed by atoms with Gasteiger partial charge in [0.15, 0.2) is 0 Å². The SMILES string of the molecule is Cc1csc(SC2CNC2)n1.Cl. The van der Waals surface area contributed by atoms with E-state index in [1.54, 1.807) is 11.3 Å². The molecule has 0 atom stereocenters. The standard InChI is InChI=1S/C7H10N2S2.ClH/c1-5-4-10-7(9-5)11-6-2-8-3-6;/h4,6,8H,2-3H2,1H3;1H. The summed E-state index contributed by atoms with van der Waals surface area (Å²) in [6, 6.07) is 0. The Morgan fingerprint density at radius 2 is 2.42 bits per heavy atom. The summed E-state index contributed by atoms with van der Waals surface area (Å²) in [6.45, 7) is 4.33. The first kappa shape index (κ1) is 10.3. The van der Waals surface area contributed by atoms with Crippen LogP contribution in [0.3, 0.4) is 0 Å². The van der Waals surface area contributed by atoms with Crippen LogP contribution in [-0.4, -0.2) is 23.3 Å². The lowest BCUT2D eigenvalue weighted by atomic mass is 10.3. The van der Waals surface area contributed by atoms with Crippen LogP contribution in [-0.2, 0) is 0 Å². The van der Waals surface area contributed by atoms with Gasteiger partial charge >= 0.3 is 0 Å². The van der Waals surface area contributed by atoms with Crippen molar-refractivity contribution in [1.82, 2.24) is 10.3 Å². The fourth-order valence-electron chi connectivity index (χ4n) is 0.875. The summed E-state index contributed by atoms with van der Waals surface area (Å²) < 4.78 is 1.22. The van der Waals surface area contributed by atoms with Crippen LogP contribution in [0.2, 0.25) is 0 Å². The third kappa shape index (κ3) is 2.36. The van der Waals surface area contributed by atoms with Gasteiger partial charge in [-0.15, -0.1) is 23.7 Å². The van der Waals surface area contributed by atoms with Gasteiger partial charge in [-0.3, -0.25) is 0 Å². The van der Waals surface area contributed by atoms with E-state index < -0.39 is 0 Å². The molecule has 0 aliphatic carbocycles. The Bertz CT molecular complexity index is 247. The highest BCUT2D eigenvalue weighted by Gasteiger charge is 2.18. The Hall–Kier alpha value is 0.230. The van der Waals surface area contributed by atoms with Crippen molar-refractivity contribution in [3.8, 4) is 0 Å². The minimum atomic E-state index is 0. The first-order valence-electron chi connectivity index (χ1n) is 3.64. The van der Waals surface area contributed by atoms with Crippen LogP contribution in [0.25, 0.3) is 0 Å². The molecule has 0 spiro atoms. The van der Waals surface area contributed by atoms with Gasteiger partial charge in [-0.1, -0.05) is 11.8 Å². The predicted molar refractivity (Wildman–Crippen MR) is 56.6 cm³/mol. The quantitative estimate of drug-likeness (QED) is 0.828. The van der Waals surface area contributed by atoms with Crippen molar-refractivity contribution in [2.45, 2.75) is 16.5 Å². The van der Waals surface area contributed by atoms with Crippen LogP contribution < -0.4 is 5.32 Å². The van der Waals surface area contributed by atoms with E-state index in [4.69, 9.17) is 0 Å². The molecule has 1 saturated heterocycles. The lowest BCUT2D eigenvalue weighted by Gasteiger charge is -2.24. The van der Waals surface area contributed by atoms with Crippen molar-refractivity contribution in [2.75, 3.05) is 13.1 Å². The largest absolute Gasteiger partial charge is 0.314 e. The van der Waals surface area contributed by atoms with Gasteiger partial charge in [0, 0.05) is 29.4 Å². The average molecular weight is 223 g/mol. The maximum Gasteiger partial charge on any atom is 0.150 e. The van der Waals surface area contributed by atoms with E-state index in [-0.39, 0.29) is 12.4 Å². The van der Waals surface area contributed by atoms with Gasteiger partial charge in [0.25, 0.3) is 0 Å². The Morgan fingerprint density at radius 1 is 1.67 bits per heavy atom. The number of nitrogens with zero attached hydrogens (tertiary/aromatic N) is 1. The minimum absolute atomic E-state index is 0. The first-order chi connectivity index (χ1) is 5.34. The van der Waals surface area contributed by atoms with Gasteiger partial charge in [-0.05, 0) is 6.92 Å². The lowest BCUT2D eigenvalue weighted by Crippen LogP contribution is -2.44. The summed E-state index contributed by atoms with van der Waals surface area (Å²) in [6.07, 6.45) is 0. The Labute approximate surface area is 86.6 Å². The van der Waals surface area contributed by atoms with E-state index in [0.717, 1.165) is 24.0 Å². The number of hydrogen-bond acceptors (Lipinski definition) is 4. The zero-order valence-electron chi connectivity index (χ0n) is 6.74. The number of thiazole rings is 1. The average Bonchev–Trinajstić information content (AvgIpc) is 2.27. The minimum Gasteiger partial charge on any atom is -0.314 e. The molecule has 0 amide bonds. The number of aromatic nitrogens is 1. The molecular formula is C7H11ClN2S2. The zero-order chi connectivity index (χ0) is 7.68. The molecule has 1 aromatic rings. The first-order valence-corrected chi connectivity index (χ1v) is 5.40. The van der Waals surface area contributed by atoms with E-state index in [2.05, 4.69) is 15.7 Å². The second kappa shape index (κ2) is 4.46. The zero-order valence-corrected chi connectivity index (χ0v) is 9.19. The summed E-state index contributed by atoms with van der Waals surface area (Å²) in [7, 11) is 0. The molecule has 2 rings (SSSR count). The van der Waals surface area contributed by atoms with Gasteiger partial charge in [0.1, 0.15) is 4.34 Å². The molecule has 2 nitrogen and oxygen atoms in total. The van der Waals surface area contributed by atoms with Crippen LogP contribution in [0.5, 0.6) is 0 Å². The fourth-order valence-corrected chi connectivity index (χ4v) is 3.05.